The topological polar surface area (TPSA) is 108 Å². The first-order valence-corrected chi connectivity index (χ1v) is 17.5. The van der Waals surface area contributed by atoms with E-state index in [1.165, 1.54) is 5.56 Å². The van der Waals surface area contributed by atoms with E-state index >= 15 is 0 Å². The van der Waals surface area contributed by atoms with Gasteiger partial charge in [-0.25, -0.2) is 9.48 Å². The third-order valence-electron chi connectivity index (χ3n) is 10.3. The van der Waals surface area contributed by atoms with Crippen molar-refractivity contribution in [3.8, 4) is 5.69 Å². The van der Waals surface area contributed by atoms with E-state index in [0.29, 0.717) is 43.2 Å². The van der Waals surface area contributed by atoms with Gasteiger partial charge in [0.05, 0.1) is 17.9 Å². The quantitative estimate of drug-likeness (QED) is 0.168. The number of piperidine rings is 1. The van der Waals surface area contributed by atoms with Crippen LogP contribution < -0.4 is 16.0 Å². The summed E-state index contributed by atoms with van der Waals surface area (Å²) in [5, 5.41) is 13.8. The standard InChI is InChI=1S/C40H46N6O3/c1-25-8-12-31(13-9-25)46-37(23-36(44-46)40(2,3)4)43-39(49)41-30-7-5-6-26(19-30)18-27-20-32-14-15-33(21-27)45(32)24-35(47)29-10-16-34-28(22-29)11-17-38(48)42-34/h5-10,12-13,16,19,22-23,27,32-33H,11,14-15,17-18,20-21,24H2,1-4H3,(H,42,48)(H2,41,43,49). The predicted molar refractivity (Wildman–Crippen MR) is 194 cm³/mol. The van der Waals surface area contributed by atoms with Gasteiger partial charge in [-0.1, -0.05) is 50.6 Å². The number of carbonyl (C=O) groups excluding carboxylic acids is 3. The third-order valence-corrected chi connectivity index (χ3v) is 10.3. The number of nitrogens with one attached hydrogen (secondary N) is 3. The Morgan fingerprint density at radius 2 is 1.67 bits per heavy atom. The summed E-state index contributed by atoms with van der Waals surface area (Å²) in [6.45, 7) is 8.82. The summed E-state index contributed by atoms with van der Waals surface area (Å²) >= 11 is 0. The number of amides is 3. The second-order valence-electron chi connectivity index (χ2n) is 15.1. The lowest BCUT2D eigenvalue weighted by Crippen LogP contribution is -2.45. The summed E-state index contributed by atoms with van der Waals surface area (Å²) in [5.74, 6) is 1.33. The van der Waals surface area contributed by atoms with Crippen LogP contribution in [0.4, 0.5) is 22.0 Å². The molecule has 2 fully saturated rings. The van der Waals surface area contributed by atoms with Crippen molar-refractivity contribution in [1.82, 2.24) is 14.7 Å². The lowest BCUT2D eigenvalue weighted by atomic mass is 9.85. The third kappa shape index (κ3) is 7.32. The molecule has 254 valence electrons. The van der Waals surface area contributed by atoms with Crippen LogP contribution in [0.5, 0.6) is 0 Å². The minimum absolute atomic E-state index is 0.0348. The number of urea groups is 1. The van der Waals surface area contributed by atoms with Crippen molar-refractivity contribution in [1.29, 1.82) is 0 Å². The molecule has 2 saturated heterocycles. The van der Waals surface area contributed by atoms with Crippen molar-refractivity contribution >= 4 is 34.9 Å². The first-order chi connectivity index (χ1) is 23.5. The summed E-state index contributed by atoms with van der Waals surface area (Å²) in [7, 11) is 0. The maximum absolute atomic E-state index is 13.4. The molecular formula is C40H46N6O3. The van der Waals surface area contributed by atoms with E-state index in [9.17, 15) is 14.4 Å². The minimum atomic E-state index is -0.314. The number of carbonyl (C=O) groups is 3. The average Bonchev–Trinajstić information content (AvgIpc) is 3.58. The molecule has 2 atom stereocenters. The molecule has 3 amide bonds. The van der Waals surface area contributed by atoms with Gasteiger partial charge in [-0.3, -0.25) is 19.8 Å². The molecule has 9 heteroatoms. The fourth-order valence-electron chi connectivity index (χ4n) is 7.73. The van der Waals surface area contributed by atoms with Gasteiger partial charge >= 0.3 is 6.03 Å². The highest BCUT2D eigenvalue weighted by Gasteiger charge is 2.41. The number of aromatic nitrogens is 2. The van der Waals surface area contributed by atoms with Crippen LogP contribution in [-0.2, 0) is 23.1 Å². The van der Waals surface area contributed by atoms with Crippen molar-refractivity contribution in [2.45, 2.75) is 90.1 Å². The summed E-state index contributed by atoms with van der Waals surface area (Å²) in [6, 6.07) is 24.4. The largest absolute Gasteiger partial charge is 0.326 e. The number of aryl methyl sites for hydroxylation is 2. The number of hydrogen-bond acceptors (Lipinski definition) is 5. The van der Waals surface area contributed by atoms with Crippen molar-refractivity contribution in [2.24, 2.45) is 5.92 Å². The van der Waals surface area contributed by atoms with Crippen LogP contribution in [0.25, 0.3) is 5.69 Å². The van der Waals surface area contributed by atoms with E-state index < -0.39 is 0 Å². The lowest BCUT2D eigenvalue weighted by molar-refractivity contribution is -0.116. The van der Waals surface area contributed by atoms with Crippen molar-refractivity contribution < 1.29 is 14.4 Å². The molecule has 0 saturated carbocycles. The molecule has 9 nitrogen and oxygen atoms in total. The highest BCUT2D eigenvalue weighted by molar-refractivity contribution is 6.00. The highest BCUT2D eigenvalue weighted by atomic mass is 16.2. The van der Waals surface area contributed by atoms with Crippen LogP contribution in [0.1, 0.15) is 85.6 Å². The maximum atomic E-state index is 13.4. The Morgan fingerprint density at radius 3 is 2.41 bits per heavy atom. The SMILES string of the molecule is Cc1ccc(-n2nc(C(C)(C)C)cc2NC(=O)Nc2cccc(CC3CC4CCC(C3)N4CC(=O)c3ccc4c(c3)CCC(=O)N4)c2)cc1. The van der Waals surface area contributed by atoms with E-state index in [-0.39, 0.29) is 23.1 Å². The molecule has 49 heavy (non-hydrogen) atoms. The minimum Gasteiger partial charge on any atom is -0.326 e. The van der Waals surface area contributed by atoms with E-state index in [2.05, 4.69) is 53.8 Å². The zero-order valence-electron chi connectivity index (χ0n) is 28.9. The Bertz CT molecular complexity index is 1870. The molecule has 3 aliphatic heterocycles. The number of ketones is 1. The highest BCUT2D eigenvalue weighted by Crippen LogP contribution is 2.40. The van der Waals surface area contributed by atoms with Gasteiger partial charge in [0.25, 0.3) is 0 Å². The first kappa shape index (κ1) is 32.8. The van der Waals surface area contributed by atoms with Crippen LogP contribution in [-0.4, -0.2) is 51.0 Å². The Hall–Kier alpha value is -4.76. The molecule has 4 heterocycles. The summed E-state index contributed by atoms with van der Waals surface area (Å²) in [6.07, 6.45) is 6.48. The van der Waals surface area contributed by atoms with E-state index in [0.717, 1.165) is 71.6 Å². The summed E-state index contributed by atoms with van der Waals surface area (Å²) in [5.41, 5.74) is 7.33. The second kappa shape index (κ2) is 13.3. The van der Waals surface area contributed by atoms with Gasteiger partial charge in [0.1, 0.15) is 5.82 Å². The first-order valence-electron chi connectivity index (χ1n) is 17.5. The Labute approximate surface area is 288 Å². The number of nitrogens with zero attached hydrogens (tertiary/aromatic N) is 3. The normalized spacial score (nSPS) is 20.4. The lowest BCUT2D eigenvalue weighted by Gasteiger charge is -2.38. The zero-order valence-corrected chi connectivity index (χ0v) is 28.9. The predicted octanol–water partition coefficient (Wildman–Crippen LogP) is 7.68. The monoisotopic (exact) mass is 658 g/mol. The fraction of sp³-hybridized carbons (Fsp3) is 0.400. The van der Waals surface area contributed by atoms with Crippen LogP contribution in [0, 0.1) is 12.8 Å². The van der Waals surface area contributed by atoms with Crippen LogP contribution in [0.15, 0.2) is 72.8 Å². The Morgan fingerprint density at radius 1 is 0.918 bits per heavy atom. The summed E-state index contributed by atoms with van der Waals surface area (Å²) < 4.78 is 1.79. The Kier molecular flexibility index (Phi) is 8.88. The number of hydrogen-bond donors (Lipinski definition) is 3. The molecule has 0 radical (unpaired) electrons. The van der Waals surface area contributed by atoms with E-state index in [4.69, 9.17) is 5.10 Å². The van der Waals surface area contributed by atoms with Crippen LogP contribution in [0.3, 0.4) is 0 Å². The summed E-state index contributed by atoms with van der Waals surface area (Å²) in [4.78, 5) is 40.8. The molecular weight excluding hydrogens is 612 g/mol. The number of anilines is 3. The number of rotatable bonds is 8. The van der Waals surface area contributed by atoms with Gasteiger partial charge in [-0.15, -0.1) is 0 Å². The zero-order chi connectivity index (χ0) is 34.3. The molecule has 2 bridgehead atoms. The molecule has 1 aromatic heterocycles. The average molecular weight is 659 g/mol. The second-order valence-corrected chi connectivity index (χ2v) is 15.1. The maximum Gasteiger partial charge on any atom is 0.324 e. The van der Waals surface area contributed by atoms with Crippen molar-refractivity contribution in [3.05, 3.63) is 101 Å². The number of fused-ring (bicyclic) bond motifs is 3. The molecule has 3 N–H and O–H groups in total. The number of Topliss-reactive ketones (excluding diaryl/α,β-unsaturated/α-hetero) is 1. The molecule has 0 aliphatic carbocycles. The van der Waals surface area contributed by atoms with E-state index in [1.807, 2.05) is 67.6 Å². The molecule has 7 rings (SSSR count). The van der Waals surface area contributed by atoms with Crippen molar-refractivity contribution in [3.63, 3.8) is 0 Å². The van der Waals surface area contributed by atoms with Gasteiger partial charge in [0, 0.05) is 46.9 Å². The van der Waals surface area contributed by atoms with Gasteiger partial charge in [-0.05, 0) is 105 Å². The molecule has 4 aromatic rings. The van der Waals surface area contributed by atoms with Crippen molar-refractivity contribution in [2.75, 3.05) is 22.5 Å². The van der Waals surface area contributed by atoms with Gasteiger partial charge in [0.15, 0.2) is 5.78 Å². The van der Waals surface area contributed by atoms with Gasteiger partial charge in [-0.2, -0.15) is 5.10 Å². The fourth-order valence-corrected chi connectivity index (χ4v) is 7.73. The molecule has 3 aromatic carbocycles. The van der Waals surface area contributed by atoms with Crippen LogP contribution >= 0.6 is 0 Å². The Balaban J connectivity index is 0.966. The number of benzene rings is 3. The molecule has 3 aliphatic rings. The van der Waals surface area contributed by atoms with Gasteiger partial charge < -0.3 is 10.6 Å². The van der Waals surface area contributed by atoms with Gasteiger partial charge in [0.2, 0.25) is 5.91 Å². The van der Waals surface area contributed by atoms with Crippen LogP contribution in [0.2, 0.25) is 0 Å². The van der Waals surface area contributed by atoms with E-state index in [1.54, 1.807) is 4.68 Å². The smallest absolute Gasteiger partial charge is 0.324 e. The molecule has 2 unspecified atom stereocenters. The molecule has 0 spiro atoms.